The molecule has 1 atom stereocenters. The van der Waals surface area contributed by atoms with Crippen LogP contribution in [0.3, 0.4) is 0 Å². The summed E-state index contributed by atoms with van der Waals surface area (Å²) in [5, 5.41) is 2.94. The summed E-state index contributed by atoms with van der Waals surface area (Å²) in [5.41, 5.74) is 3.27. The second-order valence-electron chi connectivity index (χ2n) is 7.48. The molecular formula is C25H23BrN2O4. The molecule has 1 aliphatic heterocycles. The predicted molar refractivity (Wildman–Crippen MR) is 126 cm³/mol. The lowest BCUT2D eigenvalue weighted by atomic mass is 9.95. The van der Waals surface area contributed by atoms with Gasteiger partial charge in [-0.15, -0.1) is 0 Å². The Morgan fingerprint density at radius 2 is 1.78 bits per heavy atom. The average Bonchev–Trinajstić information content (AvgIpc) is 2.95. The Kier molecular flexibility index (Phi) is 6.46. The summed E-state index contributed by atoms with van der Waals surface area (Å²) in [6.45, 7) is -0.0437. The van der Waals surface area contributed by atoms with Gasteiger partial charge in [0.1, 0.15) is 6.54 Å². The van der Waals surface area contributed by atoms with Crippen molar-refractivity contribution in [2.24, 2.45) is 0 Å². The van der Waals surface area contributed by atoms with Gasteiger partial charge in [-0.3, -0.25) is 9.59 Å². The normalized spacial score (nSPS) is 15.4. The van der Waals surface area contributed by atoms with E-state index in [1.54, 1.807) is 31.3 Å². The van der Waals surface area contributed by atoms with Crippen molar-refractivity contribution in [3.05, 3.63) is 87.9 Å². The maximum atomic E-state index is 13.6. The molecule has 7 heteroatoms. The zero-order valence-electron chi connectivity index (χ0n) is 17.8. The third-order valence-electron chi connectivity index (χ3n) is 5.45. The van der Waals surface area contributed by atoms with Crippen LogP contribution in [-0.2, 0) is 16.0 Å². The number of fused-ring (bicyclic) bond motifs is 1. The number of anilines is 1. The van der Waals surface area contributed by atoms with Crippen LogP contribution < -0.4 is 14.8 Å². The number of hydrogen-bond acceptors (Lipinski definition) is 4. The molecule has 0 saturated heterocycles. The molecule has 3 aromatic carbocycles. The Morgan fingerprint density at radius 1 is 1.03 bits per heavy atom. The van der Waals surface area contributed by atoms with E-state index in [2.05, 4.69) is 21.2 Å². The minimum atomic E-state index is -0.407. The van der Waals surface area contributed by atoms with Crippen molar-refractivity contribution in [3.8, 4) is 11.5 Å². The first-order valence-electron chi connectivity index (χ1n) is 10.1. The van der Waals surface area contributed by atoms with Gasteiger partial charge >= 0.3 is 0 Å². The smallest absolute Gasteiger partial charge is 0.244 e. The summed E-state index contributed by atoms with van der Waals surface area (Å²) in [5.74, 6) is 0.765. The number of nitrogens with one attached hydrogen (secondary N) is 1. The molecule has 6 nitrogen and oxygen atoms in total. The molecule has 2 amide bonds. The van der Waals surface area contributed by atoms with E-state index in [1.807, 2.05) is 54.6 Å². The molecule has 0 radical (unpaired) electrons. The van der Waals surface area contributed by atoms with Crippen molar-refractivity contribution in [3.63, 3.8) is 0 Å². The molecule has 0 bridgehead atoms. The maximum Gasteiger partial charge on any atom is 0.244 e. The summed E-state index contributed by atoms with van der Waals surface area (Å²) >= 11 is 3.53. The summed E-state index contributed by atoms with van der Waals surface area (Å²) in [6.07, 6.45) is 0.125. The Bertz CT molecular complexity index is 1150. The van der Waals surface area contributed by atoms with Gasteiger partial charge in [0.25, 0.3) is 0 Å². The van der Waals surface area contributed by atoms with E-state index in [4.69, 9.17) is 9.47 Å². The summed E-state index contributed by atoms with van der Waals surface area (Å²) in [6, 6.07) is 20.4. The van der Waals surface area contributed by atoms with Crippen LogP contribution in [0.5, 0.6) is 11.5 Å². The molecule has 0 aliphatic carbocycles. The van der Waals surface area contributed by atoms with Crippen molar-refractivity contribution in [1.29, 1.82) is 0 Å². The van der Waals surface area contributed by atoms with Crippen molar-refractivity contribution >= 4 is 33.4 Å². The van der Waals surface area contributed by atoms with E-state index in [0.717, 1.165) is 21.2 Å². The molecule has 1 N–H and O–H groups in total. The lowest BCUT2D eigenvalue weighted by Gasteiger charge is -2.31. The fourth-order valence-electron chi connectivity index (χ4n) is 3.97. The Balaban J connectivity index is 1.75. The fourth-order valence-corrected chi connectivity index (χ4v) is 4.35. The highest BCUT2D eigenvalue weighted by Crippen LogP contribution is 2.38. The molecule has 1 aliphatic rings. The molecule has 1 heterocycles. The number of carbonyl (C=O) groups is 2. The number of ether oxygens (including phenoxy) is 2. The van der Waals surface area contributed by atoms with E-state index in [1.165, 1.54) is 0 Å². The standard InChI is InChI=1S/C25H23BrN2O4/c1-31-21-11-8-16(12-22(21)32-2)13-24(30)28-15-23(29)27-20-10-9-18(26)14-19(20)25(28)17-6-4-3-5-7-17/h3-12,14,25H,13,15H2,1-2H3,(H,27,29)/t25-/m1/s1. The van der Waals surface area contributed by atoms with Crippen LogP contribution in [0.2, 0.25) is 0 Å². The first-order chi connectivity index (χ1) is 15.5. The number of methoxy groups -OCH3 is 2. The van der Waals surface area contributed by atoms with Crippen molar-refractivity contribution in [2.45, 2.75) is 12.5 Å². The second kappa shape index (κ2) is 9.44. The molecule has 4 rings (SSSR count). The predicted octanol–water partition coefficient (Wildman–Crippen LogP) is 4.58. The van der Waals surface area contributed by atoms with Crippen LogP contribution in [0.1, 0.15) is 22.7 Å². The molecule has 32 heavy (non-hydrogen) atoms. The highest BCUT2D eigenvalue weighted by Gasteiger charge is 2.33. The largest absolute Gasteiger partial charge is 0.493 e. The number of amides is 2. The van der Waals surface area contributed by atoms with Gasteiger partial charge in [0.15, 0.2) is 11.5 Å². The molecule has 3 aromatic rings. The topological polar surface area (TPSA) is 67.9 Å². The van der Waals surface area contributed by atoms with Gasteiger partial charge in [0.05, 0.1) is 26.7 Å². The zero-order chi connectivity index (χ0) is 22.7. The van der Waals surface area contributed by atoms with Crippen molar-refractivity contribution in [1.82, 2.24) is 4.90 Å². The third kappa shape index (κ3) is 4.48. The third-order valence-corrected chi connectivity index (χ3v) is 5.94. The summed E-state index contributed by atoms with van der Waals surface area (Å²) in [7, 11) is 3.13. The van der Waals surface area contributed by atoms with E-state index in [0.29, 0.717) is 17.2 Å². The number of benzene rings is 3. The van der Waals surface area contributed by atoms with Gasteiger partial charge in [0, 0.05) is 15.7 Å². The van der Waals surface area contributed by atoms with Crippen LogP contribution in [0.4, 0.5) is 5.69 Å². The first-order valence-corrected chi connectivity index (χ1v) is 10.9. The number of hydrogen-bond donors (Lipinski definition) is 1. The molecule has 0 saturated carbocycles. The van der Waals surface area contributed by atoms with Crippen molar-refractivity contribution < 1.29 is 19.1 Å². The quantitative estimate of drug-likeness (QED) is 0.563. The van der Waals surface area contributed by atoms with E-state index in [-0.39, 0.29) is 24.8 Å². The van der Waals surface area contributed by atoms with Crippen molar-refractivity contribution in [2.75, 3.05) is 26.1 Å². The molecule has 0 spiro atoms. The number of nitrogens with zero attached hydrogens (tertiary/aromatic N) is 1. The fraction of sp³-hybridized carbons (Fsp3) is 0.200. The van der Waals surface area contributed by atoms with E-state index in [9.17, 15) is 9.59 Å². The van der Waals surface area contributed by atoms with Crippen LogP contribution in [0.25, 0.3) is 0 Å². The first kappa shape index (κ1) is 21.9. The monoisotopic (exact) mass is 494 g/mol. The lowest BCUT2D eigenvalue weighted by Crippen LogP contribution is -2.39. The Hall–Kier alpha value is -3.32. The maximum absolute atomic E-state index is 13.6. The minimum Gasteiger partial charge on any atom is -0.493 e. The zero-order valence-corrected chi connectivity index (χ0v) is 19.4. The summed E-state index contributed by atoms with van der Waals surface area (Å²) in [4.78, 5) is 27.9. The number of halogens is 1. The molecule has 0 aromatic heterocycles. The van der Waals surface area contributed by atoms with Gasteiger partial charge in [-0.05, 0) is 41.5 Å². The highest BCUT2D eigenvalue weighted by molar-refractivity contribution is 9.10. The molecular weight excluding hydrogens is 472 g/mol. The molecule has 0 fully saturated rings. The number of rotatable bonds is 5. The van der Waals surface area contributed by atoms with Gasteiger partial charge in [-0.25, -0.2) is 0 Å². The van der Waals surface area contributed by atoms with Crippen LogP contribution in [0, 0.1) is 0 Å². The molecule has 0 unspecified atom stereocenters. The van der Waals surface area contributed by atoms with Gasteiger partial charge in [0.2, 0.25) is 11.8 Å². The average molecular weight is 495 g/mol. The van der Waals surface area contributed by atoms with Gasteiger partial charge in [-0.2, -0.15) is 0 Å². The lowest BCUT2D eigenvalue weighted by molar-refractivity contribution is -0.135. The SMILES string of the molecule is COc1ccc(CC(=O)N2CC(=O)Nc3ccc(Br)cc3[C@H]2c2ccccc2)cc1OC. The number of carbonyl (C=O) groups excluding carboxylic acids is 2. The van der Waals surface area contributed by atoms with Gasteiger partial charge < -0.3 is 19.7 Å². The van der Waals surface area contributed by atoms with Crippen LogP contribution in [0.15, 0.2) is 71.2 Å². The second-order valence-corrected chi connectivity index (χ2v) is 8.40. The Labute approximate surface area is 195 Å². The summed E-state index contributed by atoms with van der Waals surface area (Å²) < 4.78 is 11.5. The highest BCUT2D eigenvalue weighted by atomic mass is 79.9. The minimum absolute atomic E-state index is 0.0437. The molecule has 164 valence electrons. The van der Waals surface area contributed by atoms with E-state index < -0.39 is 6.04 Å². The van der Waals surface area contributed by atoms with Crippen LogP contribution in [-0.4, -0.2) is 37.5 Å². The Morgan fingerprint density at radius 3 is 2.50 bits per heavy atom. The van der Waals surface area contributed by atoms with Gasteiger partial charge in [-0.1, -0.05) is 52.3 Å². The van der Waals surface area contributed by atoms with E-state index >= 15 is 0 Å². The van der Waals surface area contributed by atoms with Crippen LogP contribution >= 0.6 is 15.9 Å².